The lowest BCUT2D eigenvalue weighted by atomic mass is 10.0. The van der Waals surface area contributed by atoms with Crippen molar-refractivity contribution in [3.63, 3.8) is 0 Å². The van der Waals surface area contributed by atoms with Gasteiger partial charge in [0, 0.05) is 18.5 Å². The fourth-order valence-corrected chi connectivity index (χ4v) is 2.25. The fraction of sp³-hybridized carbons (Fsp3) is 1.00. The standard InChI is InChI=1S/C13H28N2O/c1-4-6-8-15(3)9-12-10-16-11-13(12)14-7-5-2/h12-14H,4-11H2,1-3H3. The van der Waals surface area contributed by atoms with Crippen molar-refractivity contribution in [2.24, 2.45) is 5.92 Å². The van der Waals surface area contributed by atoms with Crippen LogP contribution in [-0.4, -0.2) is 50.8 Å². The summed E-state index contributed by atoms with van der Waals surface area (Å²) in [5.41, 5.74) is 0. The van der Waals surface area contributed by atoms with Gasteiger partial charge in [0.25, 0.3) is 0 Å². The number of nitrogens with one attached hydrogen (secondary N) is 1. The predicted molar refractivity (Wildman–Crippen MR) is 68.8 cm³/mol. The molecule has 0 aromatic carbocycles. The summed E-state index contributed by atoms with van der Waals surface area (Å²) in [6.07, 6.45) is 3.79. The Balaban J connectivity index is 2.22. The second-order valence-electron chi connectivity index (χ2n) is 4.97. The van der Waals surface area contributed by atoms with E-state index in [4.69, 9.17) is 4.74 Å². The van der Waals surface area contributed by atoms with Gasteiger partial charge in [0.15, 0.2) is 0 Å². The summed E-state index contributed by atoms with van der Waals surface area (Å²) in [7, 11) is 2.23. The Labute approximate surface area is 101 Å². The Morgan fingerprint density at radius 1 is 1.25 bits per heavy atom. The highest BCUT2D eigenvalue weighted by atomic mass is 16.5. The van der Waals surface area contributed by atoms with E-state index in [1.165, 1.54) is 32.4 Å². The molecule has 1 fully saturated rings. The first-order valence-corrected chi connectivity index (χ1v) is 6.77. The van der Waals surface area contributed by atoms with Crippen molar-refractivity contribution in [2.75, 3.05) is 39.9 Å². The monoisotopic (exact) mass is 228 g/mol. The van der Waals surface area contributed by atoms with Gasteiger partial charge in [-0.15, -0.1) is 0 Å². The van der Waals surface area contributed by atoms with Gasteiger partial charge in [-0.1, -0.05) is 20.3 Å². The van der Waals surface area contributed by atoms with Crippen LogP contribution >= 0.6 is 0 Å². The third kappa shape index (κ3) is 4.81. The Hall–Kier alpha value is -0.120. The molecule has 1 aliphatic rings. The number of rotatable bonds is 8. The van der Waals surface area contributed by atoms with Gasteiger partial charge in [-0.2, -0.15) is 0 Å². The summed E-state index contributed by atoms with van der Waals surface area (Å²) in [6, 6.07) is 0.573. The first-order chi connectivity index (χ1) is 7.77. The molecule has 0 saturated carbocycles. The minimum Gasteiger partial charge on any atom is -0.379 e. The lowest BCUT2D eigenvalue weighted by Crippen LogP contribution is -2.41. The number of nitrogens with zero attached hydrogens (tertiary/aromatic N) is 1. The molecule has 1 heterocycles. The highest BCUT2D eigenvalue weighted by Crippen LogP contribution is 2.15. The Bertz CT molecular complexity index is 175. The van der Waals surface area contributed by atoms with Crippen molar-refractivity contribution in [1.82, 2.24) is 10.2 Å². The number of hydrogen-bond donors (Lipinski definition) is 1. The van der Waals surface area contributed by atoms with Crippen molar-refractivity contribution >= 4 is 0 Å². The quantitative estimate of drug-likeness (QED) is 0.685. The minimum absolute atomic E-state index is 0.573. The fourth-order valence-electron chi connectivity index (χ4n) is 2.25. The van der Waals surface area contributed by atoms with Crippen LogP contribution in [0.2, 0.25) is 0 Å². The summed E-state index contributed by atoms with van der Waals surface area (Å²) >= 11 is 0. The molecule has 3 heteroatoms. The van der Waals surface area contributed by atoms with Crippen molar-refractivity contribution in [2.45, 2.75) is 39.2 Å². The summed E-state index contributed by atoms with van der Waals surface area (Å²) in [4.78, 5) is 2.45. The van der Waals surface area contributed by atoms with Crippen LogP contribution in [0.15, 0.2) is 0 Å². The van der Waals surface area contributed by atoms with Gasteiger partial charge in [-0.3, -0.25) is 0 Å². The summed E-state index contributed by atoms with van der Waals surface area (Å²) < 4.78 is 5.58. The van der Waals surface area contributed by atoms with Crippen molar-refractivity contribution in [3.8, 4) is 0 Å². The molecule has 2 unspecified atom stereocenters. The second-order valence-corrected chi connectivity index (χ2v) is 4.97. The van der Waals surface area contributed by atoms with E-state index in [1.807, 2.05) is 0 Å². The van der Waals surface area contributed by atoms with Crippen LogP contribution < -0.4 is 5.32 Å². The maximum Gasteiger partial charge on any atom is 0.0623 e. The molecule has 0 amide bonds. The Morgan fingerprint density at radius 2 is 2.06 bits per heavy atom. The Morgan fingerprint density at radius 3 is 2.75 bits per heavy atom. The van der Waals surface area contributed by atoms with E-state index in [9.17, 15) is 0 Å². The number of unbranched alkanes of at least 4 members (excludes halogenated alkanes) is 1. The van der Waals surface area contributed by atoms with Gasteiger partial charge < -0.3 is 15.0 Å². The molecule has 2 atom stereocenters. The second kappa shape index (κ2) is 8.04. The third-order valence-corrected chi connectivity index (χ3v) is 3.29. The minimum atomic E-state index is 0.573. The lowest BCUT2D eigenvalue weighted by molar-refractivity contribution is 0.173. The van der Waals surface area contributed by atoms with Crippen LogP contribution in [0.5, 0.6) is 0 Å². The van der Waals surface area contributed by atoms with Gasteiger partial charge in [-0.25, -0.2) is 0 Å². The molecule has 16 heavy (non-hydrogen) atoms. The number of hydrogen-bond acceptors (Lipinski definition) is 3. The molecule has 0 aromatic heterocycles. The molecule has 0 aliphatic carbocycles. The highest BCUT2D eigenvalue weighted by Gasteiger charge is 2.28. The van der Waals surface area contributed by atoms with Crippen LogP contribution in [0.25, 0.3) is 0 Å². The smallest absolute Gasteiger partial charge is 0.0623 e. The molecule has 1 N–H and O–H groups in total. The Kier molecular flexibility index (Phi) is 7.01. The molecule has 1 rings (SSSR count). The number of ether oxygens (including phenoxy) is 1. The summed E-state index contributed by atoms with van der Waals surface area (Å²) in [6.45, 7) is 9.78. The average molecular weight is 228 g/mol. The van der Waals surface area contributed by atoms with E-state index in [2.05, 4.69) is 31.1 Å². The lowest BCUT2D eigenvalue weighted by Gasteiger charge is -2.24. The van der Waals surface area contributed by atoms with Crippen LogP contribution in [-0.2, 0) is 4.74 Å². The van der Waals surface area contributed by atoms with Crippen LogP contribution in [0.1, 0.15) is 33.1 Å². The van der Waals surface area contributed by atoms with Crippen LogP contribution in [0.3, 0.4) is 0 Å². The van der Waals surface area contributed by atoms with E-state index in [-0.39, 0.29) is 0 Å². The first kappa shape index (κ1) is 13.9. The molecular formula is C13H28N2O. The zero-order valence-corrected chi connectivity index (χ0v) is 11.2. The van der Waals surface area contributed by atoms with E-state index < -0.39 is 0 Å². The van der Waals surface area contributed by atoms with Gasteiger partial charge >= 0.3 is 0 Å². The van der Waals surface area contributed by atoms with Gasteiger partial charge in [0.05, 0.1) is 13.2 Å². The topological polar surface area (TPSA) is 24.5 Å². The first-order valence-electron chi connectivity index (χ1n) is 6.77. The largest absolute Gasteiger partial charge is 0.379 e. The van der Waals surface area contributed by atoms with E-state index >= 15 is 0 Å². The van der Waals surface area contributed by atoms with Crippen molar-refractivity contribution in [3.05, 3.63) is 0 Å². The van der Waals surface area contributed by atoms with Gasteiger partial charge in [0.2, 0.25) is 0 Å². The van der Waals surface area contributed by atoms with Crippen LogP contribution in [0.4, 0.5) is 0 Å². The molecule has 0 radical (unpaired) electrons. The van der Waals surface area contributed by atoms with Gasteiger partial charge in [-0.05, 0) is 33.0 Å². The molecule has 96 valence electrons. The predicted octanol–water partition coefficient (Wildman–Crippen LogP) is 1.73. The average Bonchev–Trinajstić information content (AvgIpc) is 2.71. The zero-order valence-electron chi connectivity index (χ0n) is 11.2. The maximum absolute atomic E-state index is 5.58. The van der Waals surface area contributed by atoms with E-state index in [0.717, 1.165) is 19.8 Å². The normalized spacial score (nSPS) is 25.5. The third-order valence-electron chi connectivity index (χ3n) is 3.29. The summed E-state index contributed by atoms with van der Waals surface area (Å²) in [5.74, 6) is 0.674. The van der Waals surface area contributed by atoms with Crippen LogP contribution in [0, 0.1) is 5.92 Å². The van der Waals surface area contributed by atoms with Crippen molar-refractivity contribution in [1.29, 1.82) is 0 Å². The van der Waals surface area contributed by atoms with Gasteiger partial charge in [0.1, 0.15) is 0 Å². The zero-order chi connectivity index (χ0) is 11.8. The van der Waals surface area contributed by atoms with E-state index in [1.54, 1.807) is 0 Å². The molecule has 0 aromatic rings. The van der Waals surface area contributed by atoms with Crippen molar-refractivity contribution < 1.29 is 4.74 Å². The maximum atomic E-state index is 5.58. The molecule has 3 nitrogen and oxygen atoms in total. The van der Waals surface area contributed by atoms with E-state index in [0.29, 0.717) is 12.0 Å². The highest BCUT2D eigenvalue weighted by molar-refractivity contribution is 4.83. The molecule has 1 aliphatic heterocycles. The molecule has 0 spiro atoms. The summed E-state index contributed by atoms with van der Waals surface area (Å²) in [5, 5.41) is 3.59. The molecule has 1 saturated heterocycles. The SMILES string of the molecule is CCCCN(C)CC1COCC1NCCC. The molecule has 0 bridgehead atoms. The molecular weight excluding hydrogens is 200 g/mol.